The van der Waals surface area contributed by atoms with Crippen molar-refractivity contribution in [1.29, 1.82) is 0 Å². The average molecular weight is 283 g/mol. The van der Waals surface area contributed by atoms with E-state index in [-0.39, 0.29) is 11.4 Å². The Hall–Kier alpha value is -2.03. The van der Waals surface area contributed by atoms with Gasteiger partial charge in [0.15, 0.2) is 5.16 Å². The number of aromatic nitrogens is 5. The third-order valence-electron chi connectivity index (χ3n) is 2.56. The molecular formula is C10H13N5O3S. The first kappa shape index (κ1) is 13.4. The molecule has 2 aromatic rings. The standard InChI is InChI=1S/C10H13N5O3S/c1-14-7(2-4-11-14)3-5-15-9(18)12-13-10(15)19-6-8(16)17/h2,4H,3,5-6H2,1H3,(H,12,18)(H,16,17). The second-order valence-corrected chi connectivity index (χ2v) is 4.78. The molecule has 0 aliphatic heterocycles. The quantitative estimate of drug-likeness (QED) is 0.707. The number of H-pyrrole nitrogens is 1. The Morgan fingerprint density at radius 2 is 2.37 bits per heavy atom. The van der Waals surface area contributed by atoms with Crippen LogP contribution in [0.1, 0.15) is 5.69 Å². The number of aryl methyl sites for hydroxylation is 2. The second-order valence-electron chi connectivity index (χ2n) is 3.84. The van der Waals surface area contributed by atoms with Gasteiger partial charge in [-0.1, -0.05) is 11.8 Å². The molecule has 0 spiro atoms. The van der Waals surface area contributed by atoms with E-state index in [0.717, 1.165) is 17.5 Å². The number of aromatic amines is 1. The van der Waals surface area contributed by atoms with Gasteiger partial charge in [-0.3, -0.25) is 14.0 Å². The zero-order valence-corrected chi connectivity index (χ0v) is 11.1. The highest BCUT2D eigenvalue weighted by molar-refractivity contribution is 7.99. The lowest BCUT2D eigenvalue weighted by atomic mass is 10.3. The van der Waals surface area contributed by atoms with Crippen LogP contribution >= 0.6 is 11.8 Å². The van der Waals surface area contributed by atoms with Crippen LogP contribution in [-0.4, -0.2) is 41.4 Å². The van der Waals surface area contributed by atoms with Gasteiger partial charge in [0.2, 0.25) is 0 Å². The predicted molar refractivity (Wildman–Crippen MR) is 68.1 cm³/mol. The highest BCUT2D eigenvalue weighted by Crippen LogP contribution is 2.13. The van der Waals surface area contributed by atoms with Crippen LogP contribution in [-0.2, 0) is 24.8 Å². The molecule has 0 amide bonds. The Bertz CT molecular complexity index is 629. The highest BCUT2D eigenvalue weighted by atomic mass is 32.2. The summed E-state index contributed by atoms with van der Waals surface area (Å²) in [5.74, 6) is -1.07. The van der Waals surface area contributed by atoms with Gasteiger partial charge in [-0.05, 0) is 6.07 Å². The van der Waals surface area contributed by atoms with Crippen LogP contribution in [0.25, 0.3) is 0 Å². The van der Waals surface area contributed by atoms with Crippen LogP contribution in [0, 0.1) is 0 Å². The van der Waals surface area contributed by atoms with Crippen molar-refractivity contribution in [3.8, 4) is 0 Å². The van der Waals surface area contributed by atoms with Crippen molar-refractivity contribution < 1.29 is 9.90 Å². The normalized spacial score (nSPS) is 10.8. The molecular weight excluding hydrogens is 270 g/mol. The molecule has 19 heavy (non-hydrogen) atoms. The summed E-state index contributed by atoms with van der Waals surface area (Å²) in [5.41, 5.74) is 0.650. The molecule has 102 valence electrons. The molecule has 0 fully saturated rings. The van der Waals surface area contributed by atoms with Gasteiger partial charge in [0.1, 0.15) is 0 Å². The fourth-order valence-corrected chi connectivity index (χ4v) is 2.30. The maximum atomic E-state index is 11.6. The molecule has 2 rings (SSSR count). The molecule has 0 radical (unpaired) electrons. The van der Waals surface area contributed by atoms with E-state index in [1.807, 2.05) is 13.1 Å². The summed E-state index contributed by atoms with van der Waals surface area (Å²) in [6.07, 6.45) is 2.31. The van der Waals surface area contributed by atoms with Gasteiger partial charge >= 0.3 is 11.7 Å². The number of rotatable bonds is 6. The lowest BCUT2D eigenvalue weighted by molar-refractivity contribution is -0.133. The molecule has 0 unspecified atom stereocenters. The van der Waals surface area contributed by atoms with Gasteiger partial charge in [0.25, 0.3) is 0 Å². The molecule has 9 heteroatoms. The maximum absolute atomic E-state index is 11.6. The Balaban J connectivity index is 2.07. The number of hydrogen-bond acceptors (Lipinski definition) is 5. The molecule has 2 aromatic heterocycles. The van der Waals surface area contributed by atoms with E-state index in [4.69, 9.17) is 5.11 Å². The summed E-state index contributed by atoms with van der Waals surface area (Å²) < 4.78 is 3.16. The fourth-order valence-electron chi connectivity index (χ4n) is 1.61. The Morgan fingerprint density at radius 1 is 1.58 bits per heavy atom. The van der Waals surface area contributed by atoms with E-state index >= 15 is 0 Å². The highest BCUT2D eigenvalue weighted by Gasteiger charge is 2.11. The number of carboxylic acids is 1. The minimum Gasteiger partial charge on any atom is -0.481 e. The number of nitrogens with zero attached hydrogens (tertiary/aromatic N) is 4. The topological polar surface area (TPSA) is 106 Å². The van der Waals surface area contributed by atoms with Crippen molar-refractivity contribution >= 4 is 17.7 Å². The summed E-state index contributed by atoms with van der Waals surface area (Å²) in [6, 6.07) is 1.87. The lowest BCUT2D eigenvalue weighted by Gasteiger charge is -2.05. The molecule has 2 heterocycles. The van der Waals surface area contributed by atoms with Gasteiger partial charge < -0.3 is 5.11 Å². The first-order valence-corrected chi connectivity index (χ1v) is 6.53. The van der Waals surface area contributed by atoms with Gasteiger partial charge in [-0.25, -0.2) is 9.89 Å². The number of nitrogens with one attached hydrogen (secondary N) is 1. The average Bonchev–Trinajstić information content (AvgIpc) is 2.91. The summed E-state index contributed by atoms with van der Waals surface area (Å²) in [5, 5.41) is 19.2. The Morgan fingerprint density at radius 3 is 3.00 bits per heavy atom. The molecule has 8 nitrogen and oxygen atoms in total. The van der Waals surface area contributed by atoms with E-state index in [1.54, 1.807) is 10.9 Å². The monoisotopic (exact) mass is 283 g/mol. The van der Waals surface area contributed by atoms with Gasteiger partial charge in [0, 0.05) is 31.9 Å². The zero-order valence-electron chi connectivity index (χ0n) is 10.2. The summed E-state index contributed by atoms with van der Waals surface area (Å²) in [7, 11) is 1.83. The number of thioether (sulfide) groups is 1. The molecule has 0 saturated heterocycles. The molecule has 0 aliphatic rings. The van der Waals surface area contributed by atoms with Gasteiger partial charge in [0.05, 0.1) is 5.75 Å². The number of carboxylic acid groups (broad SMARTS) is 1. The molecule has 0 aromatic carbocycles. The third-order valence-corrected chi connectivity index (χ3v) is 3.52. The van der Waals surface area contributed by atoms with Crippen LogP contribution < -0.4 is 5.69 Å². The first-order valence-electron chi connectivity index (χ1n) is 5.54. The van der Waals surface area contributed by atoms with Gasteiger partial charge in [-0.15, -0.1) is 5.10 Å². The number of hydrogen-bond donors (Lipinski definition) is 2. The van der Waals surface area contributed by atoms with Crippen LogP contribution in [0.4, 0.5) is 0 Å². The minimum absolute atomic E-state index is 0.129. The summed E-state index contributed by atoms with van der Waals surface area (Å²) >= 11 is 1.02. The predicted octanol–water partition coefficient (Wildman–Crippen LogP) is -0.276. The largest absolute Gasteiger partial charge is 0.481 e. The van der Waals surface area contributed by atoms with Crippen molar-refractivity contribution in [2.24, 2.45) is 7.05 Å². The SMILES string of the molecule is Cn1nccc1CCn1c(SCC(=O)O)n[nH]c1=O. The smallest absolute Gasteiger partial charge is 0.343 e. The molecule has 0 saturated carbocycles. The van der Waals surface area contributed by atoms with Crippen molar-refractivity contribution in [2.45, 2.75) is 18.1 Å². The Labute approximate surface area is 112 Å². The van der Waals surface area contributed by atoms with Crippen LogP contribution in [0.5, 0.6) is 0 Å². The first-order chi connectivity index (χ1) is 9.08. The molecule has 0 atom stereocenters. The third kappa shape index (κ3) is 3.25. The van der Waals surface area contributed by atoms with Crippen LogP contribution in [0.3, 0.4) is 0 Å². The van der Waals surface area contributed by atoms with Gasteiger partial charge in [-0.2, -0.15) is 5.10 Å². The van der Waals surface area contributed by atoms with E-state index in [1.165, 1.54) is 4.57 Å². The molecule has 2 N–H and O–H groups in total. The van der Waals surface area contributed by atoms with Crippen molar-refractivity contribution in [1.82, 2.24) is 24.5 Å². The summed E-state index contributed by atoms with van der Waals surface area (Å²) in [4.78, 5) is 22.1. The van der Waals surface area contributed by atoms with Crippen LogP contribution in [0.2, 0.25) is 0 Å². The lowest BCUT2D eigenvalue weighted by Crippen LogP contribution is -2.19. The second kappa shape index (κ2) is 5.74. The molecule has 0 bridgehead atoms. The zero-order chi connectivity index (χ0) is 13.8. The maximum Gasteiger partial charge on any atom is 0.343 e. The molecule has 0 aliphatic carbocycles. The van der Waals surface area contributed by atoms with E-state index < -0.39 is 5.97 Å². The van der Waals surface area contributed by atoms with Crippen molar-refractivity contribution in [3.63, 3.8) is 0 Å². The number of aliphatic carboxylic acids is 1. The van der Waals surface area contributed by atoms with E-state index in [0.29, 0.717) is 18.1 Å². The number of carbonyl (C=O) groups is 1. The summed E-state index contributed by atoms with van der Waals surface area (Å²) in [6.45, 7) is 0.427. The Kier molecular flexibility index (Phi) is 4.05. The van der Waals surface area contributed by atoms with Crippen LogP contribution in [0.15, 0.2) is 22.2 Å². The van der Waals surface area contributed by atoms with Crippen molar-refractivity contribution in [3.05, 3.63) is 28.4 Å². The van der Waals surface area contributed by atoms with E-state index in [9.17, 15) is 9.59 Å². The minimum atomic E-state index is -0.946. The fraction of sp³-hybridized carbons (Fsp3) is 0.400. The van der Waals surface area contributed by atoms with Crippen molar-refractivity contribution in [2.75, 3.05) is 5.75 Å². The van der Waals surface area contributed by atoms with E-state index in [2.05, 4.69) is 15.3 Å².